The number of benzene rings is 1. The van der Waals surface area contributed by atoms with E-state index in [4.69, 9.17) is 16.3 Å². The maximum Gasteiger partial charge on any atom is 0.378 e. The van der Waals surface area contributed by atoms with Crippen molar-refractivity contribution in [3.8, 4) is 0 Å². The number of esters is 1. The molecule has 4 rings (SSSR count). The number of methoxy groups -OCH3 is 1. The number of fused-ring (bicyclic) bond motifs is 1. The smallest absolute Gasteiger partial charge is 0.378 e. The lowest BCUT2D eigenvalue weighted by Crippen LogP contribution is -2.31. The van der Waals surface area contributed by atoms with Crippen molar-refractivity contribution in [3.05, 3.63) is 51.9 Å². The Labute approximate surface area is 148 Å². The van der Waals surface area contributed by atoms with Crippen molar-refractivity contribution in [1.82, 2.24) is 14.8 Å². The molecule has 1 aromatic heterocycles. The lowest BCUT2D eigenvalue weighted by molar-refractivity contribution is -0.116. The van der Waals surface area contributed by atoms with Crippen LogP contribution in [-0.4, -0.2) is 33.6 Å². The average molecular weight is 359 g/mol. The molecular weight excluding hydrogens is 344 g/mol. The number of carbonyl (C=O) groups excluding carboxylic acids is 2. The van der Waals surface area contributed by atoms with Gasteiger partial charge in [0.2, 0.25) is 5.95 Å². The molecular formula is C17H15ClN4O3. The molecule has 0 spiro atoms. The van der Waals surface area contributed by atoms with Crippen molar-refractivity contribution in [3.63, 3.8) is 0 Å². The summed E-state index contributed by atoms with van der Waals surface area (Å²) in [5, 5.41) is 8.04. The van der Waals surface area contributed by atoms with Crippen LogP contribution in [0.5, 0.6) is 0 Å². The second kappa shape index (κ2) is 6.00. The van der Waals surface area contributed by atoms with E-state index in [0.29, 0.717) is 23.0 Å². The Balaban J connectivity index is 1.89. The number of aromatic nitrogens is 3. The zero-order valence-corrected chi connectivity index (χ0v) is 14.2. The van der Waals surface area contributed by atoms with Gasteiger partial charge in [0, 0.05) is 22.7 Å². The van der Waals surface area contributed by atoms with Crippen LogP contribution >= 0.6 is 11.6 Å². The van der Waals surface area contributed by atoms with Crippen LogP contribution in [-0.2, 0) is 9.53 Å². The van der Waals surface area contributed by atoms with Gasteiger partial charge in [-0.1, -0.05) is 23.7 Å². The fourth-order valence-electron chi connectivity index (χ4n) is 3.29. The van der Waals surface area contributed by atoms with Crippen LogP contribution in [0.25, 0.3) is 0 Å². The fourth-order valence-corrected chi connectivity index (χ4v) is 3.41. The zero-order chi connectivity index (χ0) is 17.6. The normalized spacial score (nSPS) is 19.1. The van der Waals surface area contributed by atoms with Gasteiger partial charge in [-0.2, -0.15) is 4.98 Å². The molecule has 0 unspecified atom stereocenters. The molecule has 0 fully saturated rings. The molecule has 0 saturated carbocycles. The summed E-state index contributed by atoms with van der Waals surface area (Å²) in [5.74, 6) is -0.164. The Bertz CT molecular complexity index is 901. The number of Topliss-reactive ketones (excluding diaryl/α,β-unsaturated/α-hetero) is 1. The molecule has 7 nitrogen and oxygen atoms in total. The van der Waals surface area contributed by atoms with Gasteiger partial charge in [-0.05, 0) is 30.5 Å². The quantitative estimate of drug-likeness (QED) is 0.831. The van der Waals surface area contributed by atoms with Crippen molar-refractivity contribution < 1.29 is 14.3 Å². The topological polar surface area (TPSA) is 86.1 Å². The third kappa shape index (κ3) is 2.60. The van der Waals surface area contributed by atoms with Gasteiger partial charge in [-0.3, -0.25) is 4.79 Å². The van der Waals surface area contributed by atoms with Crippen molar-refractivity contribution >= 4 is 29.3 Å². The summed E-state index contributed by atoms with van der Waals surface area (Å²) in [6, 6.07) is 6.80. The molecule has 0 bridgehead atoms. The number of hydrogen-bond acceptors (Lipinski definition) is 6. The van der Waals surface area contributed by atoms with E-state index in [0.717, 1.165) is 24.1 Å². The maximum absolute atomic E-state index is 12.6. The van der Waals surface area contributed by atoms with Gasteiger partial charge < -0.3 is 10.1 Å². The molecule has 8 heteroatoms. The number of halogens is 1. The first kappa shape index (κ1) is 15.8. The first-order valence-corrected chi connectivity index (χ1v) is 8.30. The fraction of sp³-hybridized carbons (Fsp3) is 0.294. The molecule has 1 atom stereocenters. The van der Waals surface area contributed by atoms with Crippen molar-refractivity contribution in [2.75, 3.05) is 12.4 Å². The minimum atomic E-state index is -0.622. The van der Waals surface area contributed by atoms with E-state index in [1.54, 1.807) is 16.8 Å². The van der Waals surface area contributed by atoms with Gasteiger partial charge in [0.15, 0.2) is 5.78 Å². The van der Waals surface area contributed by atoms with E-state index in [2.05, 4.69) is 15.4 Å². The predicted octanol–water partition coefficient (Wildman–Crippen LogP) is 2.74. The minimum Gasteiger partial charge on any atom is -0.463 e. The Hall–Kier alpha value is -2.67. The summed E-state index contributed by atoms with van der Waals surface area (Å²) in [6.45, 7) is 0. The Morgan fingerprint density at radius 3 is 2.80 bits per heavy atom. The molecule has 2 aromatic rings. The number of anilines is 1. The van der Waals surface area contributed by atoms with E-state index < -0.39 is 12.0 Å². The van der Waals surface area contributed by atoms with Crippen LogP contribution < -0.4 is 5.32 Å². The summed E-state index contributed by atoms with van der Waals surface area (Å²) < 4.78 is 6.27. The Morgan fingerprint density at radius 2 is 2.08 bits per heavy atom. The average Bonchev–Trinajstić information content (AvgIpc) is 3.04. The highest BCUT2D eigenvalue weighted by molar-refractivity contribution is 6.30. The zero-order valence-electron chi connectivity index (χ0n) is 13.5. The number of nitrogens with one attached hydrogen (secondary N) is 1. The highest BCUT2D eigenvalue weighted by Gasteiger charge is 2.37. The standard InChI is InChI=1S/C17H15ClN4O3/c1-25-16(24)15-20-17-19-11-3-2-4-12(23)13(11)14(22(17)21-15)9-5-7-10(18)8-6-9/h5-8,14H,2-4H2,1H3,(H,19,20,21)/t14-/m1/s1. The molecule has 0 amide bonds. The highest BCUT2D eigenvalue weighted by atomic mass is 35.5. The molecule has 2 aliphatic rings. The lowest BCUT2D eigenvalue weighted by atomic mass is 9.85. The summed E-state index contributed by atoms with van der Waals surface area (Å²) in [4.78, 5) is 28.6. The van der Waals surface area contributed by atoms with Crippen LogP contribution in [0.15, 0.2) is 35.5 Å². The van der Waals surface area contributed by atoms with E-state index >= 15 is 0 Å². The first-order chi connectivity index (χ1) is 12.1. The Kier molecular flexibility index (Phi) is 3.80. The van der Waals surface area contributed by atoms with E-state index in [1.165, 1.54) is 7.11 Å². The van der Waals surface area contributed by atoms with Gasteiger partial charge in [0.05, 0.1) is 7.11 Å². The van der Waals surface area contributed by atoms with E-state index in [-0.39, 0.29) is 11.6 Å². The summed E-state index contributed by atoms with van der Waals surface area (Å²) in [5.41, 5.74) is 2.37. The molecule has 1 aromatic carbocycles. The monoisotopic (exact) mass is 358 g/mol. The maximum atomic E-state index is 12.6. The molecule has 1 aliphatic carbocycles. The van der Waals surface area contributed by atoms with Gasteiger partial charge in [-0.25, -0.2) is 9.48 Å². The lowest BCUT2D eigenvalue weighted by Gasteiger charge is -2.32. The number of rotatable bonds is 2. The van der Waals surface area contributed by atoms with Gasteiger partial charge in [-0.15, -0.1) is 5.10 Å². The molecule has 1 aliphatic heterocycles. The van der Waals surface area contributed by atoms with Crippen LogP contribution in [0.3, 0.4) is 0 Å². The van der Waals surface area contributed by atoms with Gasteiger partial charge in [0.25, 0.3) is 5.82 Å². The summed E-state index contributed by atoms with van der Waals surface area (Å²) >= 11 is 5.99. The van der Waals surface area contributed by atoms with Crippen LogP contribution in [0.1, 0.15) is 41.5 Å². The third-order valence-electron chi connectivity index (χ3n) is 4.42. The number of allylic oxidation sites excluding steroid dienone is 2. The van der Waals surface area contributed by atoms with E-state index in [1.807, 2.05) is 12.1 Å². The second-order valence-electron chi connectivity index (χ2n) is 5.94. The van der Waals surface area contributed by atoms with Crippen molar-refractivity contribution in [1.29, 1.82) is 0 Å². The summed E-state index contributed by atoms with van der Waals surface area (Å²) in [6.07, 6.45) is 2.04. The molecule has 128 valence electrons. The first-order valence-electron chi connectivity index (χ1n) is 7.92. The van der Waals surface area contributed by atoms with E-state index in [9.17, 15) is 9.59 Å². The number of hydrogen-bond donors (Lipinski definition) is 1. The van der Waals surface area contributed by atoms with Gasteiger partial charge >= 0.3 is 5.97 Å². The third-order valence-corrected chi connectivity index (χ3v) is 4.67. The number of ketones is 1. The minimum absolute atomic E-state index is 0.0451. The Morgan fingerprint density at radius 1 is 1.32 bits per heavy atom. The highest BCUT2D eigenvalue weighted by Crippen LogP contribution is 2.40. The molecule has 0 saturated heterocycles. The largest absolute Gasteiger partial charge is 0.463 e. The second-order valence-corrected chi connectivity index (χ2v) is 6.38. The van der Waals surface area contributed by atoms with Crippen molar-refractivity contribution in [2.24, 2.45) is 0 Å². The number of nitrogens with zero attached hydrogens (tertiary/aromatic N) is 3. The molecule has 2 heterocycles. The molecule has 25 heavy (non-hydrogen) atoms. The number of ether oxygens (including phenoxy) is 1. The van der Waals surface area contributed by atoms with Crippen molar-refractivity contribution in [2.45, 2.75) is 25.3 Å². The van der Waals surface area contributed by atoms with Gasteiger partial charge in [0.1, 0.15) is 6.04 Å². The summed E-state index contributed by atoms with van der Waals surface area (Å²) in [7, 11) is 1.28. The SMILES string of the molecule is COC(=O)c1nc2n(n1)[C@H](c1ccc(Cl)cc1)C1=C(CCCC1=O)N2. The molecule has 1 N–H and O–H groups in total. The van der Waals surface area contributed by atoms with Crippen LogP contribution in [0.4, 0.5) is 5.95 Å². The van der Waals surface area contributed by atoms with Crippen LogP contribution in [0, 0.1) is 0 Å². The van der Waals surface area contributed by atoms with Crippen LogP contribution in [0.2, 0.25) is 5.02 Å². The number of carbonyl (C=O) groups is 2. The molecule has 0 radical (unpaired) electrons. The predicted molar refractivity (Wildman–Crippen MR) is 90.5 cm³/mol.